The molecule has 35 heavy (non-hydrogen) atoms. The van der Waals surface area contributed by atoms with Crippen LogP contribution in [0.5, 0.6) is 0 Å². The lowest BCUT2D eigenvalue weighted by Gasteiger charge is -2.26. The Morgan fingerprint density at radius 2 is 1.60 bits per heavy atom. The van der Waals surface area contributed by atoms with Crippen molar-refractivity contribution in [2.75, 3.05) is 11.9 Å². The van der Waals surface area contributed by atoms with Gasteiger partial charge in [0.1, 0.15) is 12.1 Å². The molecule has 0 fully saturated rings. The molecule has 0 aliphatic carbocycles. The van der Waals surface area contributed by atoms with E-state index in [2.05, 4.69) is 21.3 Å². The summed E-state index contributed by atoms with van der Waals surface area (Å²) in [5.74, 6) is -3.66. The largest absolute Gasteiger partial charge is 0.481 e. The van der Waals surface area contributed by atoms with Gasteiger partial charge in [0.05, 0.1) is 19.1 Å². The summed E-state index contributed by atoms with van der Waals surface area (Å²) in [4.78, 5) is 59.9. The molecule has 1 aromatic rings. The zero-order valence-corrected chi connectivity index (χ0v) is 19.7. The number of nitrogens with two attached hydrogens (primary N) is 2. The molecule has 5 amide bonds. The predicted molar refractivity (Wildman–Crippen MR) is 127 cm³/mol. The Morgan fingerprint density at radius 3 is 2.11 bits per heavy atom. The third kappa shape index (κ3) is 10.8. The molecule has 0 spiro atoms. The number of hydrogen-bond donors (Lipinski definition) is 8. The number of aliphatic carboxylic acids is 1. The number of urea groups is 1. The van der Waals surface area contributed by atoms with Crippen molar-refractivity contribution in [3.63, 3.8) is 0 Å². The zero-order chi connectivity index (χ0) is 26.5. The van der Waals surface area contributed by atoms with E-state index in [1.165, 1.54) is 0 Å². The molecule has 13 nitrogen and oxygen atoms in total. The average molecular weight is 495 g/mol. The second-order valence-corrected chi connectivity index (χ2v) is 8.27. The number of nitrogens with one attached hydrogen (secondary N) is 4. The first kappa shape index (κ1) is 29.3. The normalized spacial score (nSPS) is 13.3. The Hall–Kier alpha value is -3.71. The number of aliphatic hydroxyl groups excluding tert-OH is 1. The number of carboxylic acid groups (broad SMARTS) is 1. The van der Waals surface area contributed by atoms with Crippen molar-refractivity contribution in [2.24, 2.45) is 17.4 Å². The van der Waals surface area contributed by atoms with Crippen LogP contribution in [-0.4, -0.2) is 64.6 Å². The van der Waals surface area contributed by atoms with Gasteiger partial charge in [0.15, 0.2) is 0 Å². The minimum absolute atomic E-state index is 0.143. The van der Waals surface area contributed by atoms with Gasteiger partial charge in [0, 0.05) is 12.2 Å². The van der Waals surface area contributed by atoms with Crippen LogP contribution in [0.4, 0.5) is 10.5 Å². The van der Waals surface area contributed by atoms with Gasteiger partial charge in [0.25, 0.3) is 0 Å². The molecule has 0 aliphatic heterocycles. The highest BCUT2D eigenvalue weighted by molar-refractivity contribution is 5.98. The average Bonchev–Trinajstić information content (AvgIpc) is 2.78. The number of carbonyl (C=O) groups excluding carboxylic acids is 4. The first-order valence-electron chi connectivity index (χ1n) is 11.1. The van der Waals surface area contributed by atoms with Gasteiger partial charge in [-0.05, 0) is 36.5 Å². The van der Waals surface area contributed by atoms with Crippen LogP contribution in [0.3, 0.4) is 0 Å². The van der Waals surface area contributed by atoms with E-state index >= 15 is 0 Å². The quantitative estimate of drug-likeness (QED) is 0.149. The Labute approximate surface area is 203 Å². The van der Waals surface area contributed by atoms with Gasteiger partial charge in [0.2, 0.25) is 17.7 Å². The minimum Gasteiger partial charge on any atom is -0.481 e. The maximum Gasteiger partial charge on any atom is 0.312 e. The molecule has 0 saturated heterocycles. The van der Waals surface area contributed by atoms with Crippen molar-refractivity contribution < 1.29 is 34.2 Å². The van der Waals surface area contributed by atoms with E-state index < -0.39 is 60.2 Å². The number of benzene rings is 1. The molecule has 1 aromatic carbocycles. The maximum absolute atomic E-state index is 13.0. The summed E-state index contributed by atoms with van der Waals surface area (Å²) >= 11 is 0. The number of aliphatic hydroxyl groups is 1. The zero-order valence-electron chi connectivity index (χ0n) is 19.7. The number of carboxylic acids is 1. The Kier molecular flexibility index (Phi) is 12.2. The topological polar surface area (TPSA) is 226 Å². The van der Waals surface area contributed by atoms with E-state index in [1.807, 2.05) is 0 Å². The second-order valence-electron chi connectivity index (χ2n) is 8.27. The first-order valence-corrected chi connectivity index (χ1v) is 11.1. The van der Waals surface area contributed by atoms with Crippen molar-refractivity contribution in [3.05, 3.63) is 29.8 Å². The maximum atomic E-state index is 13.0. The fourth-order valence-electron chi connectivity index (χ4n) is 3.05. The lowest BCUT2D eigenvalue weighted by atomic mass is 10.0. The van der Waals surface area contributed by atoms with Gasteiger partial charge in [-0.25, -0.2) is 4.79 Å². The van der Waals surface area contributed by atoms with Gasteiger partial charge in [-0.3, -0.25) is 19.2 Å². The molecule has 0 aliphatic rings. The van der Waals surface area contributed by atoms with Crippen molar-refractivity contribution >= 4 is 35.4 Å². The number of rotatable bonds is 14. The molecular weight excluding hydrogens is 460 g/mol. The van der Waals surface area contributed by atoms with Crippen molar-refractivity contribution in [1.29, 1.82) is 0 Å². The van der Waals surface area contributed by atoms with Crippen LogP contribution in [0.25, 0.3) is 0 Å². The molecule has 0 heterocycles. The van der Waals surface area contributed by atoms with E-state index in [-0.39, 0.29) is 19.6 Å². The molecule has 0 unspecified atom stereocenters. The lowest BCUT2D eigenvalue weighted by Crippen LogP contribution is -2.57. The third-order valence-corrected chi connectivity index (χ3v) is 4.98. The predicted octanol–water partition coefficient (Wildman–Crippen LogP) is -1.01. The van der Waals surface area contributed by atoms with Crippen LogP contribution >= 0.6 is 0 Å². The minimum atomic E-state index is -1.34. The number of hydrogen-bond acceptors (Lipinski definition) is 7. The summed E-state index contributed by atoms with van der Waals surface area (Å²) < 4.78 is 0. The fraction of sp³-hybridized carbons (Fsp3) is 0.500. The summed E-state index contributed by atoms with van der Waals surface area (Å²) in [5, 5.41) is 28.1. The SMILES string of the molecule is CC(C)[C@H](NC(=O)[C@@H](N)CC(=O)O)C(=O)N[C@@H](CCCNC(N)=O)C(=O)Nc1ccc(CO)cc1. The van der Waals surface area contributed by atoms with Gasteiger partial charge in [-0.2, -0.15) is 0 Å². The number of anilines is 1. The highest BCUT2D eigenvalue weighted by Gasteiger charge is 2.30. The fourth-order valence-corrected chi connectivity index (χ4v) is 3.05. The molecular formula is C22H34N6O7. The molecule has 0 bridgehead atoms. The van der Waals surface area contributed by atoms with Crippen LogP contribution in [0, 0.1) is 5.92 Å². The van der Waals surface area contributed by atoms with Crippen LogP contribution in [0.15, 0.2) is 24.3 Å². The van der Waals surface area contributed by atoms with E-state index in [1.54, 1.807) is 38.1 Å². The smallest absolute Gasteiger partial charge is 0.312 e. The molecule has 0 saturated carbocycles. The Balaban J connectivity index is 2.94. The van der Waals surface area contributed by atoms with Gasteiger partial charge in [-0.15, -0.1) is 0 Å². The van der Waals surface area contributed by atoms with Crippen LogP contribution in [-0.2, 0) is 25.8 Å². The highest BCUT2D eigenvalue weighted by Crippen LogP contribution is 2.12. The summed E-state index contributed by atoms with van der Waals surface area (Å²) in [7, 11) is 0. The first-order chi connectivity index (χ1) is 16.4. The Morgan fingerprint density at radius 1 is 0.971 bits per heavy atom. The monoisotopic (exact) mass is 494 g/mol. The standard InChI is InChI=1S/C22H34N6O7/c1-12(2)18(28-19(32)15(23)10-17(30)31)21(34)27-16(4-3-9-25-22(24)35)20(33)26-14-7-5-13(11-29)6-8-14/h5-8,12,15-16,18,29H,3-4,9-11,23H2,1-2H3,(H,26,33)(H,27,34)(H,28,32)(H,30,31)(H3,24,25,35)/t15-,16-,18-/m0/s1. The van der Waals surface area contributed by atoms with E-state index in [4.69, 9.17) is 21.7 Å². The van der Waals surface area contributed by atoms with Crippen LogP contribution in [0.1, 0.15) is 38.7 Å². The molecule has 13 heteroatoms. The number of primary amides is 1. The Bertz CT molecular complexity index is 891. The molecule has 0 radical (unpaired) electrons. The molecule has 0 aromatic heterocycles. The molecule has 3 atom stereocenters. The summed E-state index contributed by atoms with van der Waals surface area (Å²) in [5.41, 5.74) is 11.7. The van der Waals surface area contributed by atoms with E-state index in [9.17, 15) is 24.0 Å². The van der Waals surface area contributed by atoms with Gasteiger partial charge in [-0.1, -0.05) is 26.0 Å². The summed E-state index contributed by atoms with van der Waals surface area (Å²) in [6, 6.07) is 2.28. The van der Waals surface area contributed by atoms with Crippen LogP contribution < -0.4 is 32.7 Å². The summed E-state index contributed by atoms with van der Waals surface area (Å²) in [6.07, 6.45) is -0.151. The highest BCUT2D eigenvalue weighted by atomic mass is 16.4. The number of amides is 5. The van der Waals surface area contributed by atoms with E-state index in [0.29, 0.717) is 17.7 Å². The number of carbonyl (C=O) groups is 5. The lowest BCUT2D eigenvalue weighted by molar-refractivity contribution is -0.140. The van der Waals surface area contributed by atoms with Crippen LogP contribution in [0.2, 0.25) is 0 Å². The van der Waals surface area contributed by atoms with Crippen molar-refractivity contribution in [1.82, 2.24) is 16.0 Å². The third-order valence-electron chi connectivity index (χ3n) is 4.98. The molecule has 194 valence electrons. The van der Waals surface area contributed by atoms with Gasteiger partial charge >= 0.3 is 12.0 Å². The van der Waals surface area contributed by atoms with E-state index in [0.717, 1.165) is 0 Å². The van der Waals surface area contributed by atoms with Gasteiger partial charge < -0.3 is 42.9 Å². The summed E-state index contributed by atoms with van der Waals surface area (Å²) in [6.45, 7) is 3.36. The molecule has 1 rings (SSSR count). The van der Waals surface area contributed by atoms with Crippen molar-refractivity contribution in [3.8, 4) is 0 Å². The van der Waals surface area contributed by atoms with Crippen molar-refractivity contribution in [2.45, 2.75) is 57.8 Å². The second kappa shape index (κ2) is 14.5. The molecule has 10 N–H and O–H groups in total.